The lowest BCUT2D eigenvalue weighted by atomic mass is 10.3. The van der Waals surface area contributed by atoms with Gasteiger partial charge in [-0.05, 0) is 6.42 Å². The molecule has 1 fully saturated rings. The Morgan fingerprint density at radius 3 is 2.70 bits per heavy atom. The van der Waals surface area contributed by atoms with Crippen molar-refractivity contribution in [3.63, 3.8) is 0 Å². The number of aromatic nitrogens is 1. The maximum Gasteiger partial charge on any atom is 0.326 e. The van der Waals surface area contributed by atoms with Crippen LogP contribution in [0.1, 0.15) is 12.8 Å². The Morgan fingerprint density at radius 2 is 2.00 bits per heavy atom. The SMILES string of the molecule is CN1CC(=O)N(CCCC(=O)Nc2nc3cc4c(cc3s2)OCCO4)C1=O. The van der Waals surface area contributed by atoms with Gasteiger partial charge in [0, 0.05) is 32.1 Å². The third-order valence-electron chi connectivity index (χ3n) is 4.32. The second-order valence-corrected chi connectivity index (χ2v) is 7.35. The van der Waals surface area contributed by atoms with Crippen LogP contribution in [0.3, 0.4) is 0 Å². The summed E-state index contributed by atoms with van der Waals surface area (Å²) in [6.07, 6.45) is 0.595. The highest BCUT2D eigenvalue weighted by molar-refractivity contribution is 7.22. The number of carbonyl (C=O) groups excluding carboxylic acids is 3. The van der Waals surface area contributed by atoms with Gasteiger partial charge in [-0.2, -0.15) is 0 Å². The number of nitrogens with one attached hydrogen (secondary N) is 1. The lowest BCUT2D eigenvalue weighted by molar-refractivity contribution is -0.125. The van der Waals surface area contributed by atoms with Crippen molar-refractivity contribution in [2.24, 2.45) is 0 Å². The lowest BCUT2D eigenvalue weighted by Crippen LogP contribution is -2.32. The maximum atomic E-state index is 12.2. The van der Waals surface area contributed by atoms with Crippen LogP contribution in [0.2, 0.25) is 0 Å². The average Bonchev–Trinajstić information content (AvgIpc) is 3.13. The molecule has 9 nitrogen and oxygen atoms in total. The predicted octanol–water partition coefficient (Wildman–Crippen LogP) is 1.68. The predicted molar refractivity (Wildman–Crippen MR) is 98.2 cm³/mol. The minimum Gasteiger partial charge on any atom is -0.486 e. The summed E-state index contributed by atoms with van der Waals surface area (Å²) in [6.45, 7) is 1.34. The molecule has 0 saturated carbocycles. The molecule has 1 N–H and O–H groups in total. The first-order chi connectivity index (χ1) is 13.0. The van der Waals surface area contributed by atoms with Gasteiger partial charge in [0.25, 0.3) is 0 Å². The zero-order valence-electron chi connectivity index (χ0n) is 14.7. The molecule has 0 unspecified atom stereocenters. The number of urea groups is 1. The molecule has 2 aliphatic heterocycles. The molecular formula is C17H18N4O5S. The van der Waals surface area contributed by atoms with Crippen LogP contribution in [0.15, 0.2) is 12.1 Å². The van der Waals surface area contributed by atoms with E-state index in [1.54, 1.807) is 13.1 Å². The fraction of sp³-hybridized carbons (Fsp3) is 0.412. The van der Waals surface area contributed by atoms with Crippen LogP contribution in [0.5, 0.6) is 11.5 Å². The minimum absolute atomic E-state index is 0.0914. The molecule has 0 atom stereocenters. The van der Waals surface area contributed by atoms with Crippen LogP contribution in [-0.2, 0) is 9.59 Å². The lowest BCUT2D eigenvalue weighted by Gasteiger charge is -2.17. The van der Waals surface area contributed by atoms with Gasteiger partial charge in [0.2, 0.25) is 11.8 Å². The number of imide groups is 1. The molecule has 4 amide bonds. The fourth-order valence-corrected chi connectivity index (χ4v) is 3.88. The number of hydrogen-bond acceptors (Lipinski definition) is 7. The van der Waals surface area contributed by atoms with Crippen LogP contribution >= 0.6 is 11.3 Å². The number of hydrogen-bond donors (Lipinski definition) is 1. The molecule has 0 radical (unpaired) electrons. The highest BCUT2D eigenvalue weighted by atomic mass is 32.1. The third kappa shape index (κ3) is 3.52. The molecule has 10 heteroatoms. The zero-order valence-corrected chi connectivity index (χ0v) is 15.5. The summed E-state index contributed by atoms with van der Waals surface area (Å²) < 4.78 is 12.0. The Balaban J connectivity index is 1.34. The molecule has 0 bridgehead atoms. The monoisotopic (exact) mass is 390 g/mol. The Labute approximate surface area is 158 Å². The van der Waals surface area contributed by atoms with Gasteiger partial charge in [0.15, 0.2) is 16.6 Å². The van der Waals surface area contributed by atoms with Crippen LogP contribution in [0.25, 0.3) is 10.2 Å². The maximum absolute atomic E-state index is 12.2. The quantitative estimate of drug-likeness (QED) is 0.780. The smallest absolute Gasteiger partial charge is 0.326 e. The Bertz CT molecular complexity index is 884. The van der Waals surface area contributed by atoms with Gasteiger partial charge in [0.1, 0.15) is 19.8 Å². The van der Waals surface area contributed by atoms with E-state index in [0.29, 0.717) is 36.3 Å². The number of likely N-dealkylation sites (N-methyl/N-ethyl adjacent to an activating group) is 1. The normalized spacial score (nSPS) is 16.3. The van der Waals surface area contributed by atoms with E-state index in [1.807, 2.05) is 6.07 Å². The molecule has 4 rings (SSSR count). The largest absolute Gasteiger partial charge is 0.486 e. The van der Waals surface area contributed by atoms with E-state index in [0.717, 1.165) is 10.2 Å². The summed E-state index contributed by atoms with van der Waals surface area (Å²) in [5.41, 5.74) is 0.732. The summed E-state index contributed by atoms with van der Waals surface area (Å²) in [6, 6.07) is 3.34. The van der Waals surface area contributed by atoms with Crippen LogP contribution in [0.4, 0.5) is 9.93 Å². The number of anilines is 1. The standard InChI is InChI=1S/C17H18N4O5S/c1-20-9-15(23)21(17(20)24)4-2-3-14(22)19-16-18-10-7-11-12(8-13(10)27-16)26-6-5-25-11/h7-8H,2-6,9H2,1H3,(H,18,19,22). The second-order valence-electron chi connectivity index (χ2n) is 6.32. The molecule has 2 aliphatic rings. The van der Waals surface area contributed by atoms with E-state index >= 15 is 0 Å². The van der Waals surface area contributed by atoms with Gasteiger partial charge in [-0.15, -0.1) is 0 Å². The van der Waals surface area contributed by atoms with Crippen LogP contribution < -0.4 is 14.8 Å². The molecule has 1 aromatic heterocycles. The Kier molecular flexibility index (Phi) is 4.56. The second kappa shape index (κ2) is 7.03. The number of ether oxygens (including phenoxy) is 2. The topological polar surface area (TPSA) is 101 Å². The van der Waals surface area contributed by atoms with Gasteiger partial charge in [-0.1, -0.05) is 11.3 Å². The van der Waals surface area contributed by atoms with Crippen molar-refractivity contribution in [3.8, 4) is 11.5 Å². The van der Waals surface area contributed by atoms with E-state index in [4.69, 9.17) is 9.47 Å². The first-order valence-corrected chi connectivity index (χ1v) is 9.38. The Hall–Kier alpha value is -2.88. The Morgan fingerprint density at radius 1 is 1.26 bits per heavy atom. The van der Waals surface area contributed by atoms with E-state index in [2.05, 4.69) is 10.3 Å². The number of benzene rings is 1. The number of carbonyl (C=O) groups is 3. The van der Waals surface area contributed by atoms with Crippen molar-refractivity contribution in [1.29, 1.82) is 0 Å². The molecule has 1 saturated heterocycles. The third-order valence-corrected chi connectivity index (χ3v) is 5.25. The van der Waals surface area contributed by atoms with Crippen molar-refractivity contribution < 1.29 is 23.9 Å². The molecule has 2 aromatic rings. The van der Waals surface area contributed by atoms with Crippen LogP contribution in [-0.4, -0.2) is 66.0 Å². The van der Waals surface area contributed by atoms with E-state index < -0.39 is 0 Å². The molecule has 142 valence electrons. The number of thiazole rings is 1. The average molecular weight is 390 g/mol. The number of fused-ring (bicyclic) bond motifs is 2. The molecule has 0 spiro atoms. The van der Waals surface area contributed by atoms with Crippen molar-refractivity contribution in [2.75, 3.05) is 38.7 Å². The van der Waals surface area contributed by atoms with Crippen molar-refractivity contribution in [3.05, 3.63) is 12.1 Å². The van der Waals surface area contributed by atoms with Gasteiger partial charge in [-0.25, -0.2) is 9.78 Å². The van der Waals surface area contributed by atoms with E-state index in [-0.39, 0.29) is 37.4 Å². The van der Waals surface area contributed by atoms with Crippen molar-refractivity contribution >= 4 is 44.5 Å². The minimum atomic E-state index is -0.319. The summed E-state index contributed by atoms with van der Waals surface area (Å²) in [7, 11) is 1.58. The molecule has 0 aliphatic carbocycles. The summed E-state index contributed by atoms with van der Waals surface area (Å²) >= 11 is 1.35. The molecular weight excluding hydrogens is 372 g/mol. The van der Waals surface area contributed by atoms with E-state index in [9.17, 15) is 14.4 Å². The fourth-order valence-electron chi connectivity index (χ4n) is 2.99. The highest BCUT2D eigenvalue weighted by Crippen LogP contribution is 2.37. The molecule has 1 aromatic carbocycles. The van der Waals surface area contributed by atoms with Gasteiger partial charge in [0.05, 0.1) is 10.2 Å². The number of amides is 4. The van der Waals surface area contributed by atoms with Gasteiger partial charge < -0.3 is 19.7 Å². The molecule has 27 heavy (non-hydrogen) atoms. The highest BCUT2D eigenvalue weighted by Gasteiger charge is 2.32. The number of nitrogens with zero attached hydrogens (tertiary/aromatic N) is 3. The number of rotatable bonds is 5. The van der Waals surface area contributed by atoms with E-state index in [1.165, 1.54) is 21.1 Å². The first kappa shape index (κ1) is 17.5. The summed E-state index contributed by atoms with van der Waals surface area (Å²) in [4.78, 5) is 42.6. The van der Waals surface area contributed by atoms with Crippen molar-refractivity contribution in [2.45, 2.75) is 12.8 Å². The summed E-state index contributed by atoms with van der Waals surface area (Å²) in [5, 5.41) is 3.26. The van der Waals surface area contributed by atoms with Crippen molar-refractivity contribution in [1.82, 2.24) is 14.8 Å². The molecule has 3 heterocycles. The van der Waals surface area contributed by atoms with Gasteiger partial charge >= 0.3 is 6.03 Å². The van der Waals surface area contributed by atoms with Gasteiger partial charge in [-0.3, -0.25) is 14.5 Å². The summed E-state index contributed by atoms with van der Waals surface area (Å²) in [5.74, 6) is 0.892. The first-order valence-electron chi connectivity index (χ1n) is 8.57. The zero-order chi connectivity index (χ0) is 19.0. The van der Waals surface area contributed by atoms with Crippen LogP contribution in [0, 0.1) is 0 Å².